The highest BCUT2D eigenvalue weighted by atomic mass is 32.2. The molecule has 0 radical (unpaired) electrons. The van der Waals surface area contributed by atoms with Crippen LogP contribution >= 0.6 is 11.8 Å². The van der Waals surface area contributed by atoms with Crippen molar-refractivity contribution in [3.63, 3.8) is 0 Å². The topological polar surface area (TPSA) is 78.8 Å². The predicted molar refractivity (Wildman–Crippen MR) is 94.4 cm³/mol. The second-order valence-corrected chi connectivity index (χ2v) is 7.94. The van der Waals surface area contributed by atoms with Crippen LogP contribution in [0.5, 0.6) is 11.5 Å². The molecule has 0 bridgehead atoms. The summed E-state index contributed by atoms with van der Waals surface area (Å²) < 4.78 is 5.78. The van der Waals surface area contributed by atoms with Crippen molar-refractivity contribution >= 4 is 17.7 Å². The van der Waals surface area contributed by atoms with E-state index in [0.29, 0.717) is 13.0 Å². The van der Waals surface area contributed by atoms with Gasteiger partial charge in [0.25, 0.3) is 0 Å². The molecule has 0 aliphatic carbocycles. The summed E-state index contributed by atoms with van der Waals surface area (Å²) in [5, 5.41) is 22.4. The number of carbonyl (C=O) groups is 1. The minimum absolute atomic E-state index is 0.0805. The largest absolute Gasteiger partial charge is 0.504 e. The van der Waals surface area contributed by atoms with Crippen LogP contribution in [0.3, 0.4) is 0 Å². The van der Waals surface area contributed by atoms with Crippen molar-refractivity contribution in [2.75, 3.05) is 18.9 Å². The van der Waals surface area contributed by atoms with Crippen molar-refractivity contribution in [2.24, 2.45) is 0 Å². The first-order valence-electron chi connectivity index (χ1n) is 8.61. The van der Waals surface area contributed by atoms with Crippen LogP contribution in [0.2, 0.25) is 0 Å². The van der Waals surface area contributed by atoms with E-state index in [4.69, 9.17) is 4.74 Å². The van der Waals surface area contributed by atoms with Crippen LogP contribution < -0.4 is 5.32 Å². The SMILES string of the molecule is O=C1CCC(CCSC2CCCCO2)(c2ccc(O)c(O)c2)CN1. The second kappa shape index (κ2) is 7.66. The average molecular weight is 351 g/mol. The molecule has 2 fully saturated rings. The molecule has 2 heterocycles. The lowest BCUT2D eigenvalue weighted by Crippen LogP contribution is -2.46. The highest BCUT2D eigenvalue weighted by Crippen LogP contribution is 2.40. The number of ether oxygens (including phenoxy) is 1. The number of carbonyl (C=O) groups excluding carboxylic acids is 1. The fourth-order valence-corrected chi connectivity index (χ4v) is 4.78. The van der Waals surface area contributed by atoms with Gasteiger partial charge in [-0.1, -0.05) is 6.07 Å². The van der Waals surface area contributed by atoms with Crippen LogP contribution in [0.4, 0.5) is 0 Å². The molecule has 2 saturated heterocycles. The van der Waals surface area contributed by atoms with E-state index in [0.717, 1.165) is 43.6 Å². The van der Waals surface area contributed by atoms with Gasteiger partial charge >= 0.3 is 0 Å². The number of thioether (sulfide) groups is 1. The number of rotatable bonds is 5. The highest BCUT2D eigenvalue weighted by molar-refractivity contribution is 7.99. The Morgan fingerprint density at radius 3 is 2.83 bits per heavy atom. The van der Waals surface area contributed by atoms with Gasteiger partial charge in [0.15, 0.2) is 11.5 Å². The molecule has 2 aliphatic heterocycles. The Morgan fingerprint density at radius 2 is 2.17 bits per heavy atom. The van der Waals surface area contributed by atoms with Crippen molar-refractivity contribution in [2.45, 2.75) is 49.4 Å². The van der Waals surface area contributed by atoms with Crippen LogP contribution in [-0.2, 0) is 14.9 Å². The monoisotopic (exact) mass is 351 g/mol. The maximum atomic E-state index is 11.6. The highest BCUT2D eigenvalue weighted by Gasteiger charge is 2.36. The van der Waals surface area contributed by atoms with E-state index in [1.165, 1.54) is 12.5 Å². The molecule has 2 aliphatic rings. The van der Waals surface area contributed by atoms with E-state index in [-0.39, 0.29) is 28.3 Å². The first-order chi connectivity index (χ1) is 11.6. The van der Waals surface area contributed by atoms with Gasteiger partial charge in [-0.25, -0.2) is 0 Å². The molecule has 3 rings (SSSR count). The number of amides is 1. The Labute approximate surface area is 146 Å². The molecule has 1 amide bonds. The Kier molecular flexibility index (Phi) is 5.56. The molecule has 5 nitrogen and oxygen atoms in total. The summed E-state index contributed by atoms with van der Waals surface area (Å²) in [5.41, 5.74) is 1.06. The minimum atomic E-state index is -0.194. The van der Waals surface area contributed by atoms with Crippen LogP contribution in [0.25, 0.3) is 0 Å². The van der Waals surface area contributed by atoms with Gasteiger partial charge in [-0.05, 0) is 55.6 Å². The van der Waals surface area contributed by atoms with Crippen molar-refractivity contribution < 1.29 is 19.7 Å². The zero-order valence-electron chi connectivity index (χ0n) is 13.8. The molecule has 132 valence electrons. The Balaban J connectivity index is 1.70. The minimum Gasteiger partial charge on any atom is -0.504 e. The van der Waals surface area contributed by atoms with Crippen LogP contribution in [0.1, 0.15) is 44.1 Å². The number of hydrogen-bond acceptors (Lipinski definition) is 5. The summed E-state index contributed by atoms with van der Waals surface area (Å²) in [6.07, 6.45) is 5.64. The first-order valence-corrected chi connectivity index (χ1v) is 9.66. The Bertz CT molecular complexity index is 576. The fraction of sp³-hybridized carbons (Fsp3) is 0.611. The number of hydrogen-bond donors (Lipinski definition) is 3. The van der Waals surface area contributed by atoms with Gasteiger partial charge in [-0.3, -0.25) is 4.79 Å². The lowest BCUT2D eigenvalue weighted by atomic mass is 9.72. The number of phenolic OH excluding ortho intramolecular Hbond substituents is 2. The van der Waals surface area contributed by atoms with Crippen LogP contribution in [0.15, 0.2) is 18.2 Å². The van der Waals surface area contributed by atoms with E-state index in [1.807, 2.05) is 17.8 Å². The quantitative estimate of drug-likeness (QED) is 0.711. The summed E-state index contributed by atoms with van der Waals surface area (Å²) in [6.45, 7) is 1.42. The molecule has 2 atom stereocenters. The standard InChI is InChI=1S/C18H25NO4S/c20-14-5-4-13(11-15(14)21)18(7-6-16(22)19-12-18)8-10-24-17-3-1-2-9-23-17/h4-5,11,17,20-21H,1-3,6-10,12H2,(H,19,22). The maximum absolute atomic E-state index is 11.6. The molecule has 2 unspecified atom stereocenters. The van der Waals surface area contributed by atoms with Gasteiger partial charge in [0, 0.05) is 25.0 Å². The van der Waals surface area contributed by atoms with E-state index in [2.05, 4.69) is 5.32 Å². The molecule has 0 spiro atoms. The first kappa shape index (κ1) is 17.4. The molecule has 0 aromatic heterocycles. The van der Waals surface area contributed by atoms with Crippen molar-refractivity contribution in [1.82, 2.24) is 5.32 Å². The molecular weight excluding hydrogens is 326 g/mol. The Hall–Kier alpha value is -1.40. The number of piperidine rings is 1. The number of nitrogens with one attached hydrogen (secondary N) is 1. The van der Waals surface area contributed by atoms with Gasteiger partial charge in [0.05, 0.1) is 0 Å². The Morgan fingerprint density at radius 1 is 1.29 bits per heavy atom. The van der Waals surface area contributed by atoms with Crippen LogP contribution in [-0.4, -0.2) is 40.5 Å². The molecule has 0 saturated carbocycles. The van der Waals surface area contributed by atoms with Crippen molar-refractivity contribution in [3.8, 4) is 11.5 Å². The molecular formula is C18H25NO4S. The van der Waals surface area contributed by atoms with Crippen LogP contribution in [0, 0.1) is 0 Å². The summed E-state index contributed by atoms with van der Waals surface area (Å²) in [5.74, 6) is 0.810. The summed E-state index contributed by atoms with van der Waals surface area (Å²) in [7, 11) is 0. The smallest absolute Gasteiger partial charge is 0.220 e. The van der Waals surface area contributed by atoms with Gasteiger partial charge in [-0.15, -0.1) is 11.8 Å². The van der Waals surface area contributed by atoms with Crippen molar-refractivity contribution in [1.29, 1.82) is 0 Å². The van der Waals surface area contributed by atoms with E-state index in [1.54, 1.807) is 6.07 Å². The normalized spacial score (nSPS) is 27.7. The lowest BCUT2D eigenvalue weighted by Gasteiger charge is -2.38. The third-order valence-electron chi connectivity index (χ3n) is 5.06. The maximum Gasteiger partial charge on any atom is 0.220 e. The number of phenols is 2. The third-order valence-corrected chi connectivity index (χ3v) is 6.25. The van der Waals surface area contributed by atoms with E-state index >= 15 is 0 Å². The summed E-state index contributed by atoms with van der Waals surface area (Å²) in [6, 6.07) is 5.02. The fourth-order valence-electron chi connectivity index (χ4n) is 3.48. The third kappa shape index (κ3) is 3.98. The molecule has 1 aromatic carbocycles. The summed E-state index contributed by atoms with van der Waals surface area (Å²) >= 11 is 1.85. The number of aromatic hydroxyl groups is 2. The van der Waals surface area contributed by atoms with Gasteiger partial charge in [-0.2, -0.15) is 0 Å². The molecule has 1 aromatic rings. The van der Waals surface area contributed by atoms with Gasteiger partial charge < -0.3 is 20.3 Å². The zero-order chi connectivity index (χ0) is 17.0. The average Bonchev–Trinajstić information content (AvgIpc) is 2.60. The predicted octanol–water partition coefficient (Wildman–Crippen LogP) is 2.90. The van der Waals surface area contributed by atoms with E-state index in [9.17, 15) is 15.0 Å². The number of benzene rings is 1. The summed E-state index contributed by atoms with van der Waals surface area (Å²) in [4.78, 5) is 11.6. The molecule has 24 heavy (non-hydrogen) atoms. The van der Waals surface area contributed by atoms with Gasteiger partial charge in [0.1, 0.15) is 5.44 Å². The second-order valence-electron chi connectivity index (χ2n) is 6.68. The van der Waals surface area contributed by atoms with E-state index < -0.39 is 0 Å². The van der Waals surface area contributed by atoms with Crippen molar-refractivity contribution in [3.05, 3.63) is 23.8 Å². The van der Waals surface area contributed by atoms with Gasteiger partial charge in [0.2, 0.25) is 5.91 Å². The lowest BCUT2D eigenvalue weighted by molar-refractivity contribution is -0.123. The molecule has 3 N–H and O–H groups in total. The molecule has 6 heteroatoms. The zero-order valence-corrected chi connectivity index (χ0v) is 14.6.